The number of rotatable bonds is 4. The highest BCUT2D eigenvalue weighted by molar-refractivity contribution is 5.27. The highest BCUT2D eigenvalue weighted by Crippen LogP contribution is 2.11. The predicted molar refractivity (Wildman–Crippen MR) is 53.4 cm³/mol. The lowest BCUT2D eigenvalue weighted by atomic mass is 10.2. The third kappa shape index (κ3) is 2.12. The number of nitrogens with zero attached hydrogens (tertiary/aromatic N) is 2. The van der Waals surface area contributed by atoms with E-state index < -0.39 is 0 Å². The number of nitriles is 1. The molecule has 0 N–H and O–H groups in total. The average molecular weight is 176 g/mol. The van der Waals surface area contributed by atoms with Crippen molar-refractivity contribution in [2.24, 2.45) is 0 Å². The fourth-order valence-electron chi connectivity index (χ4n) is 1.56. The molecule has 0 spiro atoms. The molecule has 1 heterocycles. The van der Waals surface area contributed by atoms with Crippen LogP contribution in [0.3, 0.4) is 0 Å². The number of hydrogen-bond acceptors (Lipinski definition) is 1. The van der Waals surface area contributed by atoms with E-state index in [4.69, 9.17) is 5.26 Å². The Labute approximate surface area is 79.8 Å². The fraction of sp³-hybridized carbons (Fsp3) is 0.545. The molecule has 1 aromatic heterocycles. The quantitative estimate of drug-likeness (QED) is 0.693. The standard InChI is InChI=1S/C11H16N2/c1-3-5-6-10-7-8-11(9-12)13(10)4-2/h7-8H,3-6H2,1-2H3. The molecule has 0 bridgehead atoms. The van der Waals surface area contributed by atoms with Crippen molar-refractivity contribution in [2.75, 3.05) is 0 Å². The Morgan fingerprint density at radius 1 is 1.38 bits per heavy atom. The van der Waals surface area contributed by atoms with E-state index in [0.717, 1.165) is 18.7 Å². The number of aryl methyl sites for hydroxylation is 1. The summed E-state index contributed by atoms with van der Waals surface area (Å²) in [5, 5.41) is 8.82. The van der Waals surface area contributed by atoms with E-state index in [0.29, 0.717) is 0 Å². The molecule has 0 saturated carbocycles. The summed E-state index contributed by atoms with van der Waals surface area (Å²) >= 11 is 0. The first-order valence-electron chi connectivity index (χ1n) is 4.92. The molecule has 0 radical (unpaired) electrons. The summed E-state index contributed by atoms with van der Waals surface area (Å²) in [6.45, 7) is 5.16. The van der Waals surface area contributed by atoms with Crippen LogP contribution in [0.25, 0.3) is 0 Å². The summed E-state index contributed by atoms with van der Waals surface area (Å²) < 4.78 is 2.09. The summed E-state index contributed by atoms with van der Waals surface area (Å²) in [6.07, 6.45) is 3.50. The van der Waals surface area contributed by atoms with Crippen LogP contribution in [-0.4, -0.2) is 4.57 Å². The molecular formula is C11H16N2. The van der Waals surface area contributed by atoms with Crippen LogP contribution in [0.4, 0.5) is 0 Å². The molecule has 1 aromatic rings. The van der Waals surface area contributed by atoms with Crippen LogP contribution in [0.2, 0.25) is 0 Å². The minimum Gasteiger partial charge on any atom is -0.337 e. The summed E-state index contributed by atoms with van der Waals surface area (Å²) in [7, 11) is 0. The molecule has 0 amide bonds. The Kier molecular flexibility index (Phi) is 3.57. The number of unbranched alkanes of at least 4 members (excludes halogenated alkanes) is 1. The van der Waals surface area contributed by atoms with E-state index in [2.05, 4.69) is 30.6 Å². The summed E-state index contributed by atoms with van der Waals surface area (Å²) in [4.78, 5) is 0. The van der Waals surface area contributed by atoms with Gasteiger partial charge in [-0.25, -0.2) is 0 Å². The van der Waals surface area contributed by atoms with Gasteiger partial charge in [-0.2, -0.15) is 5.26 Å². The molecular weight excluding hydrogens is 160 g/mol. The smallest absolute Gasteiger partial charge is 0.120 e. The maximum absolute atomic E-state index is 8.82. The van der Waals surface area contributed by atoms with Gasteiger partial charge < -0.3 is 4.57 Å². The SMILES string of the molecule is CCCCc1ccc(C#N)n1CC. The van der Waals surface area contributed by atoms with Gasteiger partial charge in [0, 0.05) is 12.2 Å². The Morgan fingerprint density at radius 2 is 2.15 bits per heavy atom. The van der Waals surface area contributed by atoms with Gasteiger partial charge in [-0.3, -0.25) is 0 Å². The Balaban J connectivity index is 2.83. The van der Waals surface area contributed by atoms with Crippen molar-refractivity contribution in [1.82, 2.24) is 4.57 Å². The monoisotopic (exact) mass is 176 g/mol. The molecule has 2 nitrogen and oxygen atoms in total. The lowest BCUT2D eigenvalue weighted by Gasteiger charge is -2.06. The van der Waals surface area contributed by atoms with E-state index in [-0.39, 0.29) is 0 Å². The minimum absolute atomic E-state index is 0.786. The van der Waals surface area contributed by atoms with Gasteiger partial charge in [0.15, 0.2) is 0 Å². The van der Waals surface area contributed by atoms with E-state index >= 15 is 0 Å². The normalized spacial score (nSPS) is 9.92. The molecule has 0 aliphatic heterocycles. The van der Waals surface area contributed by atoms with Crippen LogP contribution in [0, 0.1) is 11.3 Å². The van der Waals surface area contributed by atoms with E-state index in [1.807, 2.05) is 6.07 Å². The number of aromatic nitrogens is 1. The van der Waals surface area contributed by atoms with E-state index in [1.54, 1.807) is 0 Å². The van der Waals surface area contributed by atoms with Gasteiger partial charge in [-0.05, 0) is 31.9 Å². The zero-order valence-electron chi connectivity index (χ0n) is 8.38. The Morgan fingerprint density at radius 3 is 2.69 bits per heavy atom. The van der Waals surface area contributed by atoms with Crippen LogP contribution in [0.5, 0.6) is 0 Å². The molecule has 1 rings (SSSR count). The average Bonchev–Trinajstić information content (AvgIpc) is 2.56. The first-order valence-corrected chi connectivity index (χ1v) is 4.92. The maximum Gasteiger partial charge on any atom is 0.120 e. The van der Waals surface area contributed by atoms with Gasteiger partial charge in [0.1, 0.15) is 11.8 Å². The highest BCUT2D eigenvalue weighted by Gasteiger charge is 2.04. The summed E-state index contributed by atoms with van der Waals surface area (Å²) in [5.41, 5.74) is 2.08. The minimum atomic E-state index is 0.786. The van der Waals surface area contributed by atoms with Crippen molar-refractivity contribution in [2.45, 2.75) is 39.7 Å². The van der Waals surface area contributed by atoms with Gasteiger partial charge in [0.2, 0.25) is 0 Å². The Bertz CT molecular complexity index is 304. The van der Waals surface area contributed by atoms with Gasteiger partial charge in [-0.1, -0.05) is 13.3 Å². The molecule has 13 heavy (non-hydrogen) atoms. The second kappa shape index (κ2) is 4.71. The molecule has 0 fully saturated rings. The second-order valence-electron chi connectivity index (χ2n) is 3.17. The molecule has 0 atom stereocenters. The van der Waals surface area contributed by atoms with Crippen LogP contribution < -0.4 is 0 Å². The van der Waals surface area contributed by atoms with Crippen LogP contribution in [0.15, 0.2) is 12.1 Å². The largest absolute Gasteiger partial charge is 0.337 e. The van der Waals surface area contributed by atoms with Crippen molar-refractivity contribution < 1.29 is 0 Å². The fourth-order valence-corrected chi connectivity index (χ4v) is 1.56. The topological polar surface area (TPSA) is 28.7 Å². The zero-order chi connectivity index (χ0) is 9.68. The molecule has 0 aromatic carbocycles. The van der Waals surface area contributed by atoms with Crippen molar-refractivity contribution in [3.8, 4) is 6.07 Å². The van der Waals surface area contributed by atoms with Gasteiger partial charge in [-0.15, -0.1) is 0 Å². The van der Waals surface area contributed by atoms with Crippen molar-refractivity contribution in [3.05, 3.63) is 23.5 Å². The van der Waals surface area contributed by atoms with Gasteiger partial charge in [0.05, 0.1) is 0 Å². The first kappa shape index (κ1) is 9.85. The predicted octanol–water partition coefficient (Wildman–Crippen LogP) is 2.72. The van der Waals surface area contributed by atoms with E-state index in [1.165, 1.54) is 18.5 Å². The molecule has 0 aliphatic carbocycles. The van der Waals surface area contributed by atoms with Crippen molar-refractivity contribution in [1.29, 1.82) is 5.26 Å². The van der Waals surface area contributed by atoms with E-state index in [9.17, 15) is 0 Å². The lowest BCUT2D eigenvalue weighted by Crippen LogP contribution is -2.02. The molecule has 70 valence electrons. The third-order valence-electron chi connectivity index (χ3n) is 2.29. The highest BCUT2D eigenvalue weighted by atomic mass is 15.0. The summed E-state index contributed by atoms with van der Waals surface area (Å²) in [5.74, 6) is 0. The van der Waals surface area contributed by atoms with Crippen LogP contribution in [-0.2, 0) is 13.0 Å². The van der Waals surface area contributed by atoms with Gasteiger partial charge >= 0.3 is 0 Å². The maximum atomic E-state index is 8.82. The van der Waals surface area contributed by atoms with Gasteiger partial charge in [0.25, 0.3) is 0 Å². The van der Waals surface area contributed by atoms with Crippen molar-refractivity contribution in [3.63, 3.8) is 0 Å². The van der Waals surface area contributed by atoms with Crippen LogP contribution in [0.1, 0.15) is 38.1 Å². The second-order valence-corrected chi connectivity index (χ2v) is 3.17. The molecule has 0 aliphatic rings. The number of hydrogen-bond donors (Lipinski definition) is 0. The molecule has 2 heteroatoms. The van der Waals surface area contributed by atoms with Crippen molar-refractivity contribution >= 4 is 0 Å². The zero-order valence-corrected chi connectivity index (χ0v) is 8.38. The third-order valence-corrected chi connectivity index (χ3v) is 2.29. The molecule has 0 saturated heterocycles. The first-order chi connectivity index (χ1) is 6.33. The summed E-state index contributed by atoms with van der Waals surface area (Å²) in [6, 6.07) is 6.18. The van der Waals surface area contributed by atoms with Crippen LogP contribution >= 0.6 is 0 Å². The molecule has 0 unspecified atom stereocenters. The lowest BCUT2D eigenvalue weighted by molar-refractivity contribution is 0.674. The Hall–Kier alpha value is -1.23.